The predicted molar refractivity (Wildman–Crippen MR) is 107 cm³/mol. The van der Waals surface area contributed by atoms with Crippen molar-refractivity contribution >= 4 is 22.5 Å². The molecule has 1 fully saturated rings. The summed E-state index contributed by atoms with van der Waals surface area (Å²) in [6.45, 7) is 1.01. The fourth-order valence-electron chi connectivity index (χ4n) is 3.86. The van der Waals surface area contributed by atoms with E-state index in [-0.39, 0.29) is 0 Å². The third-order valence-corrected chi connectivity index (χ3v) is 5.46. The molecule has 1 unspecified atom stereocenters. The van der Waals surface area contributed by atoms with E-state index in [0.717, 1.165) is 34.8 Å². The first kappa shape index (κ1) is 17.5. The number of hydroxylamine groups is 2. The maximum Gasteiger partial charge on any atom is 0.0712 e. The Morgan fingerprint density at radius 3 is 2.73 bits per heavy atom. The number of nitrogens with zero attached hydrogens (tertiary/aromatic N) is 2. The Morgan fingerprint density at radius 1 is 1.12 bits per heavy atom. The Bertz CT molecular complexity index is 894. The van der Waals surface area contributed by atoms with Crippen molar-refractivity contribution in [2.24, 2.45) is 0 Å². The lowest BCUT2D eigenvalue weighted by atomic mass is 9.94. The molecule has 1 atom stereocenters. The zero-order valence-electron chi connectivity index (χ0n) is 15.0. The number of hydrogen-bond acceptors (Lipinski definition) is 3. The van der Waals surface area contributed by atoms with Crippen molar-refractivity contribution in [2.45, 2.75) is 31.7 Å². The molecule has 1 saturated heterocycles. The van der Waals surface area contributed by atoms with E-state index in [2.05, 4.69) is 29.3 Å². The van der Waals surface area contributed by atoms with Crippen LogP contribution in [0.4, 0.5) is 0 Å². The zero-order chi connectivity index (χ0) is 17.9. The number of fused-ring (bicyclic) bond motifs is 1. The summed E-state index contributed by atoms with van der Waals surface area (Å²) in [6, 6.07) is 18.9. The molecule has 4 heteroatoms. The molecule has 1 aromatic heterocycles. The number of rotatable bonds is 4. The third kappa shape index (κ3) is 3.61. The molecule has 2 aromatic carbocycles. The van der Waals surface area contributed by atoms with Crippen LogP contribution < -0.4 is 0 Å². The Kier molecular flexibility index (Phi) is 5.21. The number of aromatic nitrogens is 1. The van der Waals surface area contributed by atoms with Gasteiger partial charge in [-0.3, -0.25) is 0 Å². The Balaban J connectivity index is 1.75. The second-order valence-corrected chi connectivity index (χ2v) is 7.30. The number of pyridine rings is 1. The van der Waals surface area contributed by atoms with E-state index in [4.69, 9.17) is 21.4 Å². The monoisotopic (exact) mass is 366 g/mol. The quantitative estimate of drug-likeness (QED) is 0.608. The first-order valence-electron chi connectivity index (χ1n) is 9.20. The topological polar surface area (TPSA) is 25.4 Å². The van der Waals surface area contributed by atoms with E-state index in [1.54, 1.807) is 7.11 Å². The molecular weight excluding hydrogens is 344 g/mol. The van der Waals surface area contributed by atoms with Crippen molar-refractivity contribution in [3.05, 3.63) is 65.2 Å². The van der Waals surface area contributed by atoms with Gasteiger partial charge >= 0.3 is 0 Å². The van der Waals surface area contributed by atoms with Crippen LogP contribution in [0.15, 0.2) is 54.6 Å². The van der Waals surface area contributed by atoms with Crippen LogP contribution in [0, 0.1) is 0 Å². The van der Waals surface area contributed by atoms with Gasteiger partial charge < -0.3 is 4.84 Å². The lowest BCUT2D eigenvalue weighted by Gasteiger charge is -2.33. The molecule has 1 aliphatic heterocycles. The van der Waals surface area contributed by atoms with Gasteiger partial charge in [-0.2, -0.15) is 5.06 Å². The first-order chi connectivity index (χ1) is 12.7. The molecule has 0 bridgehead atoms. The summed E-state index contributed by atoms with van der Waals surface area (Å²) in [5.41, 5.74) is 4.45. The van der Waals surface area contributed by atoms with Crippen molar-refractivity contribution in [3.63, 3.8) is 0 Å². The summed E-state index contributed by atoms with van der Waals surface area (Å²) < 4.78 is 0. The molecule has 3 aromatic rings. The highest BCUT2D eigenvalue weighted by molar-refractivity contribution is 6.30. The fraction of sp³-hybridized carbons (Fsp3) is 0.318. The van der Waals surface area contributed by atoms with Gasteiger partial charge in [-0.25, -0.2) is 4.98 Å². The molecule has 0 amide bonds. The van der Waals surface area contributed by atoms with Gasteiger partial charge in [0.2, 0.25) is 0 Å². The Labute approximate surface area is 159 Å². The van der Waals surface area contributed by atoms with Crippen LogP contribution in [-0.2, 0) is 11.3 Å². The second kappa shape index (κ2) is 7.75. The third-order valence-electron chi connectivity index (χ3n) is 5.21. The molecule has 0 radical (unpaired) electrons. The van der Waals surface area contributed by atoms with Crippen molar-refractivity contribution in [1.82, 2.24) is 10.0 Å². The van der Waals surface area contributed by atoms with Gasteiger partial charge in [-0.15, -0.1) is 0 Å². The van der Waals surface area contributed by atoms with Crippen LogP contribution in [0.3, 0.4) is 0 Å². The number of halogens is 1. The minimum atomic E-state index is 0.414. The van der Waals surface area contributed by atoms with E-state index < -0.39 is 0 Å². The minimum absolute atomic E-state index is 0.414. The van der Waals surface area contributed by atoms with Crippen LogP contribution in [0.25, 0.3) is 22.2 Å². The molecule has 3 nitrogen and oxygen atoms in total. The normalized spacial score (nSPS) is 18.3. The highest BCUT2D eigenvalue weighted by Crippen LogP contribution is 2.29. The van der Waals surface area contributed by atoms with Gasteiger partial charge in [0.1, 0.15) is 0 Å². The number of para-hydroxylation sites is 1. The lowest BCUT2D eigenvalue weighted by Crippen LogP contribution is -2.40. The smallest absolute Gasteiger partial charge is 0.0712 e. The summed E-state index contributed by atoms with van der Waals surface area (Å²) >= 11 is 6.05. The zero-order valence-corrected chi connectivity index (χ0v) is 15.7. The van der Waals surface area contributed by atoms with Crippen LogP contribution in [0.2, 0.25) is 5.02 Å². The van der Waals surface area contributed by atoms with Gasteiger partial charge in [0.05, 0.1) is 18.3 Å². The Morgan fingerprint density at radius 2 is 1.92 bits per heavy atom. The van der Waals surface area contributed by atoms with Gasteiger partial charge in [0, 0.05) is 28.6 Å². The largest absolute Gasteiger partial charge is 0.302 e. The average molecular weight is 367 g/mol. The summed E-state index contributed by atoms with van der Waals surface area (Å²) in [5, 5.41) is 4.11. The summed E-state index contributed by atoms with van der Waals surface area (Å²) in [4.78, 5) is 10.5. The molecule has 4 rings (SSSR count). The highest BCUT2D eigenvalue weighted by Gasteiger charge is 2.23. The van der Waals surface area contributed by atoms with E-state index in [0.29, 0.717) is 6.04 Å². The van der Waals surface area contributed by atoms with Crippen molar-refractivity contribution in [3.8, 4) is 11.3 Å². The van der Waals surface area contributed by atoms with E-state index in [9.17, 15) is 0 Å². The molecule has 1 aliphatic rings. The standard InChI is InChI=1S/C22H23ClN2O/c1-26-25-13-5-4-6-19(25)14-17-15-22(16-9-11-18(23)12-10-16)24-21-8-3-2-7-20(17)21/h2-3,7-12,15,19H,4-6,13-14H2,1H3. The molecular formula is C22H23ClN2O. The predicted octanol–water partition coefficient (Wildman–Crippen LogP) is 5.51. The fourth-order valence-corrected chi connectivity index (χ4v) is 3.98. The molecule has 2 heterocycles. The van der Waals surface area contributed by atoms with E-state index in [1.165, 1.54) is 30.2 Å². The van der Waals surface area contributed by atoms with E-state index in [1.807, 2.05) is 30.3 Å². The Hall–Kier alpha value is -1.94. The minimum Gasteiger partial charge on any atom is -0.302 e. The van der Waals surface area contributed by atoms with Crippen molar-refractivity contribution < 1.29 is 4.84 Å². The van der Waals surface area contributed by atoms with Crippen LogP contribution in [0.5, 0.6) is 0 Å². The summed E-state index contributed by atoms with van der Waals surface area (Å²) in [6.07, 6.45) is 4.60. The molecule has 0 aliphatic carbocycles. The second-order valence-electron chi connectivity index (χ2n) is 6.87. The van der Waals surface area contributed by atoms with Crippen LogP contribution >= 0.6 is 11.6 Å². The molecule has 0 saturated carbocycles. The maximum absolute atomic E-state index is 6.05. The van der Waals surface area contributed by atoms with Gasteiger partial charge in [-0.1, -0.05) is 48.4 Å². The summed E-state index contributed by atoms with van der Waals surface area (Å²) in [7, 11) is 1.78. The van der Waals surface area contributed by atoms with Crippen LogP contribution in [-0.4, -0.2) is 29.7 Å². The summed E-state index contributed by atoms with van der Waals surface area (Å²) in [5.74, 6) is 0. The van der Waals surface area contributed by atoms with Gasteiger partial charge in [0.15, 0.2) is 0 Å². The van der Waals surface area contributed by atoms with Crippen LogP contribution in [0.1, 0.15) is 24.8 Å². The molecule has 0 spiro atoms. The highest BCUT2D eigenvalue weighted by atomic mass is 35.5. The van der Waals surface area contributed by atoms with Gasteiger partial charge in [-0.05, 0) is 49.1 Å². The number of hydrogen-bond donors (Lipinski definition) is 0. The van der Waals surface area contributed by atoms with E-state index >= 15 is 0 Å². The molecule has 26 heavy (non-hydrogen) atoms. The number of piperidine rings is 1. The van der Waals surface area contributed by atoms with Crippen molar-refractivity contribution in [1.29, 1.82) is 0 Å². The molecule has 0 N–H and O–H groups in total. The SMILES string of the molecule is CON1CCCCC1Cc1cc(-c2ccc(Cl)cc2)nc2ccccc12. The lowest BCUT2D eigenvalue weighted by molar-refractivity contribution is -0.173. The van der Waals surface area contributed by atoms with Gasteiger partial charge in [0.25, 0.3) is 0 Å². The average Bonchev–Trinajstić information content (AvgIpc) is 2.69. The number of benzene rings is 2. The molecule has 134 valence electrons. The first-order valence-corrected chi connectivity index (χ1v) is 9.58. The maximum atomic E-state index is 6.05. The van der Waals surface area contributed by atoms with Crippen molar-refractivity contribution in [2.75, 3.05) is 13.7 Å².